The van der Waals surface area contributed by atoms with Crippen LogP contribution in [0.3, 0.4) is 0 Å². The van der Waals surface area contributed by atoms with Crippen LogP contribution in [0.25, 0.3) is 0 Å². The van der Waals surface area contributed by atoms with E-state index in [9.17, 15) is 5.11 Å². The normalized spacial score (nSPS) is 12.5. The Balaban J connectivity index is 2.76. The van der Waals surface area contributed by atoms with Crippen LogP contribution in [0.4, 0.5) is 0 Å². The SMILES string of the molecule is C#CCCC(O)c1c(Br)cnn1C. The largest absolute Gasteiger partial charge is 0.387 e. The van der Waals surface area contributed by atoms with E-state index < -0.39 is 6.10 Å². The minimum absolute atomic E-state index is 0.544. The summed E-state index contributed by atoms with van der Waals surface area (Å²) in [6, 6.07) is 0. The second kappa shape index (κ2) is 4.45. The Morgan fingerprint density at radius 2 is 2.54 bits per heavy atom. The lowest BCUT2D eigenvalue weighted by molar-refractivity contribution is 0.159. The zero-order chi connectivity index (χ0) is 9.84. The van der Waals surface area contributed by atoms with Crippen LogP contribution in [-0.2, 0) is 7.05 Å². The molecule has 0 aliphatic carbocycles. The molecule has 0 aliphatic rings. The van der Waals surface area contributed by atoms with Crippen LogP contribution in [-0.4, -0.2) is 14.9 Å². The van der Waals surface area contributed by atoms with E-state index in [1.165, 1.54) is 0 Å². The zero-order valence-corrected chi connectivity index (χ0v) is 8.95. The van der Waals surface area contributed by atoms with Crippen molar-refractivity contribution in [3.63, 3.8) is 0 Å². The number of hydrogen-bond acceptors (Lipinski definition) is 2. The van der Waals surface area contributed by atoms with Crippen molar-refractivity contribution in [3.8, 4) is 12.3 Å². The van der Waals surface area contributed by atoms with Crippen molar-refractivity contribution in [2.75, 3.05) is 0 Å². The molecule has 0 spiro atoms. The third kappa shape index (κ3) is 2.33. The summed E-state index contributed by atoms with van der Waals surface area (Å²) in [6.45, 7) is 0. The van der Waals surface area contributed by atoms with Gasteiger partial charge in [-0.2, -0.15) is 5.10 Å². The number of hydrogen-bond donors (Lipinski definition) is 1. The van der Waals surface area contributed by atoms with Gasteiger partial charge in [0.15, 0.2) is 0 Å². The van der Waals surface area contributed by atoms with E-state index in [-0.39, 0.29) is 0 Å². The van der Waals surface area contributed by atoms with E-state index in [0.29, 0.717) is 12.8 Å². The van der Waals surface area contributed by atoms with E-state index in [1.807, 2.05) is 0 Å². The average Bonchev–Trinajstić information content (AvgIpc) is 2.42. The number of aryl methyl sites for hydroxylation is 1. The molecule has 1 aromatic rings. The van der Waals surface area contributed by atoms with Gasteiger partial charge in [-0.05, 0) is 22.4 Å². The van der Waals surface area contributed by atoms with E-state index in [4.69, 9.17) is 6.42 Å². The highest BCUT2D eigenvalue weighted by Crippen LogP contribution is 2.25. The lowest BCUT2D eigenvalue weighted by Gasteiger charge is -2.09. The van der Waals surface area contributed by atoms with Crippen molar-refractivity contribution in [1.82, 2.24) is 9.78 Å². The van der Waals surface area contributed by atoms with Crippen LogP contribution in [0.15, 0.2) is 10.7 Å². The molecule has 1 rings (SSSR count). The zero-order valence-electron chi connectivity index (χ0n) is 7.37. The Morgan fingerprint density at radius 3 is 3.00 bits per heavy atom. The molecule has 1 atom stereocenters. The lowest BCUT2D eigenvalue weighted by Crippen LogP contribution is -2.05. The Bertz CT molecular complexity index is 307. The van der Waals surface area contributed by atoms with Gasteiger partial charge in [0.25, 0.3) is 0 Å². The molecule has 3 nitrogen and oxygen atoms in total. The fraction of sp³-hybridized carbons (Fsp3) is 0.444. The highest BCUT2D eigenvalue weighted by atomic mass is 79.9. The van der Waals surface area contributed by atoms with Gasteiger partial charge in [0.05, 0.1) is 22.5 Å². The molecule has 13 heavy (non-hydrogen) atoms. The molecule has 1 aromatic heterocycles. The molecule has 0 aliphatic heterocycles. The highest BCUT2D eigenvalue weighted by Gasteiger charge is 2.14. The van der Waals surface area contributed by atoms with Crippen LogP contribution in [0.1, 0.15) is 24.6 Å². The number of nitrogens with zero attached hydrogens (tertiary/aromatic N) is 2. The molecule has 1 unspecified atom stereocenters. The maximum absolute atomic E-state index is 9.72. The molecule has 70 valence electrons. The first-order valence-electron chi connectivity index (χ1n) is 3.95. The molecule has 0 amide bonds. The summed E-state index contributed by atoms with van der Waals surface area (Å²) in [5, 5.41) is 13.7. The standard InChI is InChI=1S/C9H11BrN2O/c1-3-4-5-8(13)9-7(10)6-11-12(9)2/h1,6,8,13H,4-5H2,2H3. The minimum Gasteiger partial charge on any atom is -0.387 e. The first kappa shape index (κ1) is 10.3. The van der Waals surface area contributed by atoms with Gasteiger partial charge in [0.2, 0.25) is 0 Å². The van der Waals surface area contributed by atoms with Crippen molar-refractivity contribution in [3.05, 3.63) is 16.4 Å². The van der Waals surface area contributed by atoms with Crippen molar-refractivity contribution < 1.29 is 5.11 Å². The van der Waals surface area contributed by atoms with Gasteiger partial charge in [-0.15, -0.1) is 12.3 Å². The minimum atomic E-state index is -0.544. The summed E-state index contributed by atoms with van der Waals surface area (Å²) >= 11 is 3.31. The van der Waals surface area contributed by atoms with Gasteiger partial charge >= 0.3 is 0 Å². The Hall–Kier alpha value is -0.790. The molecule has 1 heterocycles. The quantitative estimate of drug-likeness (QED) is 0.819. The van der Waals surface area contributed by atoms with Crippen LogP contribution >= 0.6 is 15.9 Å². The summed E-state index contributed by atoms with van der Waals surface area (Å²) in [5.74, 6) is 2.49. The monoisotopic (exact) mass is 242 g/mol. The number of aromatic nitrogens is 2. The first-order chi connectivity index (χ1) is 6.16. The van der Waals surface area contributed by atoms with Crippen molar-refractivity contribution in [2.45, 2.75) is 18.9 Å². The molecular formula is C9H11BrN2O. The van der Waals surface area contributed by atoms with E-state index in [1.54, 1.807) is 17.9 Å². The topological polar surface area (TPSA) is 38.1 Å². The second-order valence-corrected chi connectivity index (χ2v) is 3.61. The van der Waals surface area contributed by atoms with E-state index >= 15 is 0 Å². The van der Waals surface area contributed by atoms with E-state index in [0.717, 1.165) is 10.2 Å². The molecule has 4 heteroatoms. The van der Waals surface area contributed by atoms with Crippen molar-refractivity contribution in [2.24, 2.45) is 7.05 Å². The second-order valence-electron chi connectivity index (χ2n) is 2.76. The predicted octanol–water partition coefficient (Wildman–Crippen LogP) is 1.63. The summed E-state index contributed by atoms with van der Waals surface area (Å²) in [6.07, 6.45) is 7.36. The number of halogens is 1. The van der Waals surface area contributed by atoms with Gasteiger partial charge in [0, 0.05) is 13.5 Å². The smallest absolute Gasteiger partial charge is 0.0977 e. The Labute approximate surface area is 85.9 Å². The van der Waals surface area contributed by atoms with Crippen molar-refractivity contribution in [1.29, 1.82) is 0 Å². The van der Waals surface area contributed by atoms with Gasteiger partial charge in [0.1, 0.15) is 0 Å². The number of terminal acetylenes is 1. The molecule has 0 fully saturated rings. The lowest BCUT2D eigenvalue weighted by atomic mass is 10.1. The molecule has 0 radical (unpaired) electrons. The number of aliphatic hydroxyl groups is 1. The third-order valence-electron chi connectivity index (χ3n) is 1.82. The fourth-order valence-corrected chi connectivity index (χ4v) is 1.76. The first-order valence-corrected chi connectivity index (χ1v) is 4.75. The van der Waals surface area contributed by atoms with Crippen LogP contribution < -0.4 is 0 Å². The average molecular weight is 243 g/mol. The predicted molar refractivity (Wildman–Crippen MR) is 53.9 cm³/mol. The molecule has 0 saturated heterocycles. The molecule has 0 aromatic carbocycles. The van der Waals surface area contributed by atoms with E-state index in [2.05, 4.69) is 26.9 Å². The third-order valence-corrected chi connectivity index (χ3v) is 2.43. The van der Waals surface area contributed by atoms with Crippen molar-refractivity contribution >= 4 is 15.9 Å². The van der Waals surface area contributed by atoms with Crippen LogP contribution in [0, 0.1) is 12.3 Å². The van der Waals surface area contributed by atoms with Gasteiger partial charge < -0.3 is 5.11 Å². The number of rotatable bonds is 3. The van der Waals surface area contributed by atoms with Crippen LogP contribution in [0.2, 0.25) is 0 Å². The number of aliphatic hydroxyl groups excluding tert-OH is 1. The van der Waals surface area contributed by atoms with Gasteiger partial charge in [-0.25, -0.2) is 0 Å². The molecule has 1 N–H and O–H groups in total. The maximum Gasteiger partial charge on any atom is 0.0977 e. The highest BCUT2D eigenvalue weighted by molar-refractivity contribution is 9.10. The Morgan fingerprint density at radius 1 is 1.85 bits per heavy atom. The molecule has 0 bridgehead atoms. The van der Waals surface area contributed by atoms with Gasteiger partial charge in [-0.1, -0.05) is 0 Å². The molecule has 0 saturated carbocycles. The summed E-state index contributed by atoms with van der Waals surface area (Å²) in [7, 11) is 1.79. The molecular weight excluding hydrogens is 232 g/mol. The summed E-state index contributed by atoms with van der Waals surface area (Å²) in [4.78, 5) is 0. The summed E-state index contributed by atoms with van der Waals surface area (Å²) < 4.78 is 2.46. The fourth-order valence-electron chi connectivity index (χ4n) is 1.15. The maximum atomic E-state index is 9.72. The summed E-state index contributed by atoms with van der Waals surface area (Å²) in [5.41, 5.74) is 0.773. The van der Waals surface area contributed by atoms with Gasteiger partial charge in [-0.3, -0.25) is 4.68 Å². The van der Waals surface area contributed by atoms with Crippen LogP contribution in [0.5, 0.6) is 0 Å². The Kier molecular flexibility index (Phi) is 3.52.